The second-order valence-corrected chi connectivity index (χ2v) is 9.64. The SMILES string of the molecule is COc1ccc(C2(c3ccccc3)OC3=C(CCC([S+](O)N4CCCCC4)=C3)O2)cc1. The molecule has 162 valence electrons. The van der Waals surface area contributed by atoms with Crippen molar-refractivity contribution in [3.63, 3.8) is 0 Å². The summed E-state index contributed by atoms with van der Waals surface area (Å²) in [6.45, 7) is 1.92. The summed E-state index contributed by atoms with van der Waals surface area (Å²) in [6.07, 6.45) is 7.07. The highest BCUT2D eigenvalue weighted by Gasteiger charge is 2.48. The molecule has 6 heteroatoms. The van der Waals surface area contributed by atoms with Crippen LogP contribution in [0.1, 0.15) is 43.2 Å². The van der Waals surface area contributed by atoms with Gasteiger partial charge in [0, 0.05) is 43.1 Å². The average molecular weight is 439 g/mol. The van der Waals surface area contributed by atoms with Crippen molar-refractivity contribution in [2.24, 2.45) is 0 Å². The minimum atomic E-state index is -1.04. The van der Waals surface area contributed by atoms with Gasteiger partial charge in [-0.1, -0.05) is 41.1 Å². The van der Waals surface area contributed by atoms with E-state index in [-0.39, 0.29) is 0 Å². The van der Waals surface area contributed by atoms with Crippen LogP contribution in [-0.2, 0) is 26.6 Å². The van der Waals surface area contributed by atoms with Crippen molar-refractivity contribution in [2.75, 3.05) is 20.2 Å². The molecule has 2 aliphatic heterocycles. The molecule has 1 aliphatic carbocycles. The molecule has 0 aromatic heterocycles. The first-order valence-electron chi connectivity index (χ1n) is 10.9. The third-order valence-electron chi connectivity index (χ3n) is 6.10. The maximum Gasteiger partial charge on any atom is 0.305 e. The normalized spacial score (nSPS) is 24.6. The molecule has 31 heavy (non-hydrogen) atoms. The molecule has 0 amide bonds. The molecule has 0 spiro atoms. The average Bonchev–Trinajstić information content (AvgIpc) is 3.25. The maximum atomic E-state index is 11.0. The van der Waals surface area contributed by atoms with E-state index in [1.54, 1.807) is 7.11 Å². The van der Waals surface area contributed by atoms with Crippen LogP contribution in [0.4, 0.5) is 0 Å². The summed E-state index contributed by atoms with van der Waals surface area (Å²) in [6, 6.07) is 17.8. The quantitative estimate of drug-likeness (QED) is 0.640. The number of methoxy groups -OCH3 is 1. The highest BCUT2D eigenvalue weighted by Crippen LogP contribution is 2.48. The lowest BCUT2D eigenvalue weighted by Gasteiger charge is -2.29. The lowest BCUT2D eigenvalue weighted by molar-refractivity contribution is -0.125. The number of piperidine rings is 1. The number of hydrogen-bond donors (Lipinski definition) is 1. The van der Waals surface area contributed by atoms with E-state index in [4.69, 9.17) is 14.2 Å². The van der Waals surface area contributed by atoms with Gasteiger partial charge in [0.05, 0.1) is 7.11 Å². The van der Waals surface area contributed by atoms with E-state index in [0.29, 0.717) is 0 Å². The lowest BCUT2D eigenvalue weighted by atomic mass is 9.97. The van der Waals surface area contributed by atoms with Gasteiger partial charge in [0.15, 0.2) is 10.7 Å². The fourth-order valence-corrected chi connectivity index (χ4v) is 5.85. The maximum absolute atomic E-state index is 11.0. The minimum absolute atomic E-state index is 0.726. The van der Waals surface area contributed by atoms with Gasteiger partial charge in [-0.15, -0.1) is 0 Å². The molecule has 1 fully saturated rings. The molecule has 0 saturated carbocycles. The van der Waals surface area contributed by atoms with E-state index in [9.17, 15) is 4.55 Å². The third kappa shape index (κ3) is 3.84. The van der Waals surface area contributed by atoms with Crippen molar-refractivity contribution in [3.8, 4) is 5.75 Å². The molecule has 0 radical (unpaired) electrons. The van der Waals surface area contributed by atoms with Gasteiger partial charge in [0.1, 0.15) is 11.5 Å². The molecular formula is C25H28NO4S+. The van der Waals surface area contributed by atoms with Crippen LogP contribution in [0, 0.1) is 0 Å². The fraction of sp³-hybridized carbons (Fsp3) is 0.360. The summed E-state index contributed by atoms with van der Waals surface area (Å²) in [5, 5.41) is 0. The van der Waals surface area contributed by atoms with Gasteiger partial charge in [0.25, 0.3) is 11.4 Å². The molecule has 5 rings (SSSR count). The standard InChI is InChI=1S/C25H28NO4S/c1-28-21-12-10-20(11-13-21)25(19-8-4-2-5-9-19)29-23-15-14-22(18-24(23)30-25)31(27)26-16-6-3-7-17-26/h2,4-5,8-13,18,27H,3,6-7,14-17H2,1H3/q+1. The molecule has 2 unspecified atom stereocenters. The van der Waals surface area contributed by atoms with Gasteiger partial charge in [0.2, 0.25) is 0 Å². The Morgan fingerprint density at radius 2 is 1.61 bits per heavy atom. The van der Waals surface area contributed by atoms with Gasteiger partial charge >= 0.3 is 5.79 Å². The number of benzene rings is 2. The first-order valence-corrected chi connectivity index (χ1v) is 12.0. The lowest BCUT2D eigenvalue weighted by Crippen LogP contribution is -2.36. The van der Waals surface area contributed by atoms with Crippen LogP contribution in [0.25, 0.3) is 0 Å². The zero-order valence-corrected chi connectivity index (χ0v) is 18.6. The van der Waals surface area contributed by atoms with E-state index in [1.165, 1.54) is 6.42 Å². The third-order valence-corrected chi connectivity index (χ3v) is 7.75. The molecule has 2 atom stereocenters. The summed E-state index contributed by atoms with van der Waals surface area (Å²) in [5.74, 6) is 1.32. The van der Waals surface area contributed by atoms with E-state index >= 15 is 0 Å². The molecular weight excluding hydrogens is 410 g/mol. The van der Waals surface area contributed by atoms with Crippen LogP contribution in [0.15, 0.2) is 77.1 Å². The van der Waals surface area contributed by atoms with Crippen molar-refractivity contribution >= 4 is 11.4 Å². The van der Waals surface area contributed by atoms with Gasteiger partial charge in [-0.3, -0.25) is 0 Å². The van der Waals surface area contributed by atoms with Crippen molar-refractivity contribution in [3.05, 3.63) is 88.2 Å². The second kappa shape index (κ2) is 8.61. The highest BCUT2D eigenvalue weighted by molar-refractivity contribution is 7.93. The van der Waals surface area contributed by atoms with E-state index < -0.39 is 17.1 Å². The molecule has 2 aromatic carbocycles. The minimum Gasteiger partial charge on any atom is -0.497 e. The van der Waals surface area contributed by atoms with E-state index in [2.05, 4.69) is 4.31 Å². The Morgan fingerprint density at radius 3 is 2.32 bits per heavy atom. The molecule has 1 saturated heterocycles. The monoisotopic (exact) mass is 438 g/mol. The second-order valence-electron chi connectivity index (χ2n) is 8.07. The summed E-state index contributed by atoms with van der Waals surface area (Å²) in [5.41, 5.74) is 1.84. The summed E-state index contributed by atoms with van der Waals surface area (Å²) < 4.78 is 31.7. The number of allylic oxidation sites excluding steroid dienone is 3. The van der Waals surface area contributed by atoms with Crippen LogP contribution < -0.4 is 4.74 Å². The summed E-state index contributed by atoms with van der Waals surface area (Å²) in [4.78, 5) is 1.03. The molecule has 1 N–H and O–H groups in total. The fourth-order valence-electron chi connectivity index (χ4n) is 4.41. The summed E-state index contributed by atoms with van der Waals surface area (Å²) in [7, 11) is 1.66. The Balaban J connectivity index is 1.47. The number of rotatable bonds is 5. The van der Waals surface area contributed by atoms with Gasteiger partial charge < -0.3 is 14.2 Å². The predicted octanol–water partition coefficient (Wildman–Crippen LogP) is 5.32. The first-order chi connectivity index (χ1) is 15.2. The van der Waals surface area contributed by atoms with Gasteiger partial charge in [-0.25, -0.2) is 0 Å². The Morgan fingerprint density at radius 1 is 0.903 bits per heavy atom. The Kier molecular flexibility index (Phi) is 5.69. The highest BCUT2D eigenvalue weighted by atomic mass is 32.2. The van der Waals surface area contributed by atoms with Crippen LogP contribution in [0.5, 0.6) is 5.75 Å². The first kappa shape index (κ1) is 20.5. The van der Waals surface area contributed by atoms with Crippen LogP contribution >= 0.6 is 0 Å². The molecule has 0 bridgehead atoms. The number of ether oxygens (including phenoxy) is 3. The van der Waals surface area contributed by atoms with E-state index in [0.717, 1.165) is 72.1 Å². The van der Waals surface area contributed by atoms with Gasteiger partial charge in [-0.2, -0.15) is 4.55 Å². The Labute approximate surface area is 186 Å². The van der Waals surface area contributed by atoms with E-state index in [1.807, 2.05) is 60.7 Å². The van der Waals surface area contributed by atoms with Crippen molar-refractivity contribution in [2.45, 2.75) is 37.9 Å². The number of hydrogen-bond acceptors (Lipinski definition) is 5. The van der Waals surface area contributed by atoms with Crippen molar-refractivity contribution < 1.29 is 18.8 Å². The topological polar surface area (TPSA) is 51.2 Å². The van der Waals surface area contributed by atoms with Crippen LogP contribution in [0.2, 0.25) is 0 Å². The largest absolute Gasteiger partial charge is 0.497 e. The Hall–Kier alpha value is -2.41. The Bertz CT molecular complexity index is 982. The van der Waals surface area contributed by atoms with Gasteiger partial charge in [-0.05, 0) is 37.1 Å². The summed E-state index contributed by atoms with van der Waals surface area (Å²) >= 11 is -0.862. The number of nitrogens with zero attached hydrogens (tertiary/aromatic N) is 1. The zero-order chi connectivity index (χ0) is 21.3. The smallest absolute Gasteiger partial charge is 0.305 e. The predicted molar refractivity (Wildman–Crippen MR) is 122 cm³/mol. The van der Waals surface area contributed by atoms with Crippen molar-refractivity contribution in [1.82, 2.24) is 4.31 Å². The molecule has 2 aromatic rings. The zero-order valence-electron chi connectivity index (χ0n) is 17.8. The molecule has 2 heterocycles. The molecule has 3 aliphatic rings. The van der Waals surface area contributed by atoms with Crippen LogP contribution in [0.3, 0.4) is 0 Å². The molecule has 5 nitrogen and oxygen atoms in total. The van der Waals surface area contributed by atoms with Crippen LogP contribution in [-0.4, -0.2) is 29.1 Å². The van der Waals surface area contributed by atoms with Crippen molar-refractivity contribution in [1.29, 1.82) is 0 Å².